The molecule has 0 unspecified atom stereocenters. The smallest absolute Gasteiger partial charge is 0.270 e. The number of hydrogen-bond acceptors (Lipinski definition) is 5. The highest BCUT2D eigenvalue weighted by Crippen LogP contribution is 2.30. The van der Waals surface area contributed by atoms with Crippen molar-refractivity contribution in [3.05, 3.63) is 33.9 Å². The van der Waals surface area contributed by atoms with E-state index in [0.29, 0.717) is 44.1 Å². The number of amides is 2. The lowest BCUT2D eigenvalue weighted by atomic mass is 10.0. The molecular formula is C23H32N4O4. The summed E-state index contributed by atoms with van der Waals surface area (Å²) in [6, 6.07) is 4.63. The molecule has 0 radical (unpaired) electrons. The van der Waals surface area contributed by atoms with Gasteiger partial charge in [-0.1, -0.05) is 12.8 Å². The van der Waals surface area contributed by atoms with E-state index in [4.69, 9.17) is 0 Å². The molecule has 2 heterocycles. The maximum absolute atomic E-state index is 13.4. The third-order valence-corrected chi connectivity index (χ3v) is 6.98. The number of nitrogens with zero attached hydrogens (tertiary/aromatic N) is 4. The lowest BCUT2D eigenvalue weighted by Gasteiger charge is -2.36. The van der Waals surface area contributed by atoms with Crippen LogP contribution in [-0.4, -0.2) is 65.8 Å². The van der Waals surface area contributed by atoms with Crippen LogP contribution >= 0.6 is 0 Å². The van der Waals surface area contributed by atoms with Crippen molar-refractivity contribution < 1.29 is 14.5 Å². The molecule has 0 aromatic heterocycles. The van der Waals surface area contributed by atoms with E-state index >= 15 is 0 Å². The highest BCUT2D eigenvalue weighted by Gasteiger charge is 2.30. The topological polar surface area (TPSA) is 87.0 Å². The van der Waals surface area contributed by atoms with Crippen LogP contribution in [0, 0.1) is 16.0 Å². The minimum atomic E-state index is -0.448. The van der Waals surface area contributed by atoms with Crippen LogP contribution in [-0.2, 0) is 4.79 Å². The molecule has 0 spiro atoms. The number of piperidine rings is 1. The van der Waals surface area contributed by atoms with E-state index in [0.717, 1.165) is 44.5 Å². The predicted molar refractivity (Wildman–Crippen MR) is 118 cm³/mol. The Morgan fingerprint density at radius 2 is 1.55 bits per heavy atom. The quantitative estimate of drug-likeness (QED) is 0.530. The molecular weight excluding hydrogens is 396 g/mol. The summed E-state index contributed by atoms with van der Waals surface area (Å²) in [5, 5.41) is 11.3. The summed E-state index contributed by atoms with van der Waals surface area (Å²) < 4.78 is 0. The second kappa shape index (κ2) is 9.66. The van der Waals surface area contributed by atoms with Crippen molar-refractivity contribution in [1.29, 1.82) is 0 Å². The number of nitro benzene ring substituents is 1. The summed E-state index contributed by atoms with van der Waals surface area (Å²) in [5.41, 5.74) is 1.13. The standard InChI is InChI=1S/C23H32N4O4/c28-22(16-18-6-2-3-7-18)25-12-14-26(15-13-25)23(29)20-17-19(27(30)31)8-9-21(20)24-10-4-1-5-11-24/h8-9,17-18H,1-7,10-16H2. The molecule has 1 aromatic carbocycles. The predicted octanol–water partition coefficient (Wildman–Crippen LogP) is 3.45. The van der Waals surface area contributed by atoms with Crippen molar-refractivity contribution in [2.24, 2.45) is 5.92 Å². The molecule has 168 valence electrons. The second-order valence-electron chi connectivity index (χ2n) is 9.03. The van der Waals surface area contributed by atoms with E-state index in [1.807, 2.05) is 4.90 Å². The van der Waals surface area contributed by atoms with Gasteiger partial charge < -0.3 is 14.7 Å². The Balaban J connectivity index is 1.44. The van der Waals surface area contributed by atoms with E-state index in [2.05, 4.69) is 4.90 Å². The van der Waals surface area contributed by atoms with Gasteiger partial charge in [0.25, 0.3) is 11.6 Å². The number of rotatable bonds is 5. The van der Waals surface area contributed by atoms with Crippen molar-refractivity contribution in [3.8, 4) is 0 Å². The summed E-state index contributed by atoms with van der Waals surface area (Å²) in [6.45, 7) is 3.73. The minimum absolute atomic E-state index is 0.0607. The molecule has 0 N–H and O–H groups in total. The third-order valence-electron chi connectivity index (χ3n) is 6.98. The van der Waals surface area contributed by atoms with E-state index in [1.54, 1.807) is 11.0 Å². The third kappa shape index (κ3) is 4.99. The Morgan fingerprint density at radius 1 is 0.903 bits per heavy atom. The fraction of sp³-hybridized carbons (Fsp3) is 0.652. The van der Waals surface area contributed by atoms with Crippen LogP contribution in [0.3, 0.4) is 0 Å². The first kappa shape index (κ1) is 21.6. The average molecular weight is 429 g/mol. The van der Waals surface area contributed by atoms with Gasteiger partial charge in [0, 0.05) is 57.8 Å². The highest BCUT2D eigenvalue weighted by atomic mass is 16.6. The summed E-state index contributed by atoms with van der Waals surface area (Å²) in [5.74, 6) is 0.541. The van der Waals surface area contributed by atoms with E-state index < -0.39 is 4.92 Å². The Kier molecular flexibility index (Phi) is 6.73. The van der Waals surface area contributed by atoms with Crippen molar-refractivity contribution in [1.82, 2.24) is 9.80 Å². The molecule has 31 heavy (non-hydrogen) atoms. The average Bonchev–Trinajstić information content (AvgIpc) is 3.32. The van der Waals surface area contributed by atoms with Crippen molar-refractivity contribution >= 4 is 23.2 Å². The van der Waals surface area contributed by atoms with Crippen LogP contribution in [0.2, 0.25) is 0 Å². The molecule has 2 aliphatic heterocycles. The van der Waals surface area contributed by atoms with Gasteiger partial charge in [0.05, 0.1) is 16.2 Å². The number of benzene rings is 1. The molecule has 0 atom stereocenters. The maximum Gasteiger partial charge on any atom is 0.270 e. The van der Waals surface area contributed by atoms with Crippen molar-refractivity contribution in [2.45, 2.75) is 51.4 Å². The largest absolute Gasteiger partial charge is 0.371 e. The summed E-state index contributed by atoms with van der Waals surface area (Å²) in [7, 11) is 0. The molecule has 4 rings (SSSR count). The summed E-state index contributed by atoms with van der Waals surface area (Å²) in [6.07, 6.45) is 8.67. The SMILES string of the molecule is O=C(CC1CCCC1)N1CCN(C(=O)c2cc([N+](=O)[O-])ccc2N2CCCCC2)CC1. The zero-order chi connectivity index (χ0) is 21.8. The van der Waals surface area contributed by atoms with Crippen LogP contribution in [0.25, 0.3) is 0 Å². The van der Waals surface area contributed by atoms with Crippen LogP contribution < -0.4 is 4.90 Å². The van der Waals surface area contributed by atoms with Crippen LogP contribution in [0.4, 0.5) is 11.4 Å². The van der Waals surface area contributed by atoms with E-state index in [1.165, 1.54) is 31.4 Å². The number of nitro groups is 1. The molecule has 2 amide bonds. The number of non-ortho nitro benzene ring substituents is 1. The molecule has 1 aliphatic carbocycles. The van der Waals surface area contributed by atoms with Crippen molar-refractivity contribution in [2.75, 3.05) is 44.2 Å². The first-order valence-corrected chi connectivity index (χ1v) is 11.6. The van der Waals surface area contributed by atoms with Gasteiger partial charge in [0.1, 0.15) is 0 Å². The summed E-state index contributed by atoms with van der Waals surface area (Å²) >= 11 is 0. The van der Waals surface area contributed by atoms with Gasteiger partial charge in [-0.3, -0.25) is 19.7 Å². The van der Waals surface area contributed by atoms with Crippen LogP contribution in [0.1, 0.15) is 61.7 Å². The molecule has 3 aliphatic rings. The normalized spacial score (nSPS) is 20.2. The van der Waals surface area contributed by atoms with Gasteiger partial charge in [0.2, 0.25) is 5.91 Å². The Morgan fingerprint density at radius 3 is 2.19 bits per heavy atom. The van der Waals surface area contributed by atoms with Gasteiger partial charge in [-0.25, -0.2) is 0 Å². The Bertz CT molecular complexity index is 823. The molecule has 0 bridgehead atoms. The monoisotopic (exact) mass is 428 g/mol. The Hall–Kier alpha value is -2.64. The number of hydrogen-bond donors (Lipinski definition) is 0. The van der Waals surface area contributed by atoms with Crippen LogP contribution in [0.5, 0.6) is 0 Å². The minimum Gasteiger partial charge on any atom is -0.371 e. The molecule has 1 aromatic rings. The lowest BCUT2D eigenvalue weighted by molar-refractivity contribution is -0.384. The van der Waals surface area contributed by atoms with Crippen molar-refractivity contribution in [3.63, 3.8) is 0 Å². The Labute approximate surface area is 183 Å². The summed E-state index contributed by atoms with van der Waals surface area (Å²) in [4.78, 5) is 42.6. The fourth-order valence-electron chi connectivity index (χ4n) is 5.14. The van der Waals surface area contributed by atoms with Gasteiger partial charge in [-0.15, -0.1) is 0 Å². The first-order chi connectivity index (χ1) is 15.0. The number of anilines is 1. The van der Waals surface area contributed by atoms with Gasteiger partial charge in [-0.2, -0.15) is 0 Å². The zero-order valence-corrected chi connectivity index (χ0v) is 18.1. The second-order valence-corrected chi connectivity index (χ2v) is 9.03. The zero-order valence-electron chi connectivity index (χ0n) is 18.1. The van der Waals surface area contributed by atoms with E-state index in [9.17, 15) is 19.7 Å². The van der Waals surface area contributed by atoms with Crippen LogP contribution in [0.15, 0.2) is 18.2 Å². The highest BCUT2D eigenvalue weighted by molar-refractivity contribution is 6.00. The molecule has 3 fully saturated rings. The maximum atomic E-state index is 13.4. The number of carbonyl (C=O) groups excluding carboxylic acids is 2. The van der Waals surface area contributed by atoms with Gasteiger partial charge >= 0.3 is 0 Å². The molecule has 2 saturated heterocycles. The lowest BCUT2D eigenvalue weighted by Crippen LogP contribution is -2.51. The van der Waals surface area contributed by atoms with Gasteiger partial charge in [0.15, 0.2) is 0 Å². The molecule has 8 heteroatoms. The fourth-order valence-corrected chi connectivity index (χ4v) is 5.14. The van der Waals surface area contributed by atoms with E-state index in [-0.39, 0.29) is 17.5 Å². The van der Waals surface area contributed by atoms with Gasteiger partial charge in [-0.05, 0) is 44.1 Å². The molecule has 1 saturated carbocycles. The first-order valence-electron chi connectivity index (χ1n) is 11.6. The number of carbonyl (C=O) groups is 2. The molecule has 8 nitrogen and oxygen atoms in total. The number of piperazine rings is 1.